The lowest BCUT2D eigenvalue weighted by atomic mass is 10.0. The number of aliphatic hydroxyl groups is 1. The van der Waals surface area contributed by atoms with E-state index in [-0.39, 0.29) is 23.8 Å². The van der Waals surface area contributed by atoms with Crippen molar-refractivity contribution >= 4 is 11.9 Å². The summed E-state index contributed by atoms with van der Waals surface area (Å²) in [6.45, 7) is 4.34. The van der Waals surface area contributed by atoms with Gasteiger partial charge in [-0.15, -0.1) is 0 Å². The summed E-state index contributed by atoms with van der Waals surface area (Å²) in [5.41, 5.74) is 0.00898. The SMILES string of the molecule is CC(C)CC(O)CCCCOC(=O)c1ccccc1C(=O)O. The summed E-state index contributed by atoms with van der Waals surface area (Å²) in [5, 5.41) is 18.8. The van der Waals surface area contributed by atoms with Gasteiger partial charge >= 0.3 is 11.9 Å². The molecule has 1 aromatic carbocycles. The van der Waals surface area contributed by atoms with E-state index in [1.54, 1.807) is 12.1 Å². The molecule has 2 N–H and O–H groups in total. The Morgan fingerprint density at radius 3 is 2.36 bits per heavy atom. The Morgan fingerprint density at radius 1 is 1.14 bits per heavy atom. The van der Waals surface area contributed by atoms with Gasteiger partial charge < -0.3 is 14.9 Å². The molecule has 0 heterocycles. The van der Waals surface area contributed by atoms with E-state index in [9.17, 15) is 14.7 Å². The van der Waals surface area contributed by atoms with Crippen molar-refractivity contribution in [1.29, 1.82) is 0 Å². The molecular weight excluding hydrogens is 284 g/mol. The Kier molecular flexibility index (Phi) is 7.60. The van der Waals surface area contributed by atoms with Crippen LogP contribution in [0.15, 0.2) is 24.3 Å². The molecule has 1 atom stereocenters. The predicted molar refractivity (Wildman–Crippen MR) is 83.0 cm³/mol. The van der Waals surface area contributed by atoms with Crippen LogP contribution in [0.25, 0.3) is 0 Å². The topological polar surface area (TPSA) is 83.8 Å². The molecule has 5 nitrogen and oxygen atoms in total. The lowest BCUT2D eigenvalue weighted by Crippen LogP contribution is -2.13. The summed E-state index contributed by atoms with van der Waals surface area (Å²) in [6.07, 6.45) is 2.55. The van der Waals surface area contributed by atoms with Crippen LogP contribution in [0, 0.1) is 5.92 Å². The fourth-order valence-corrected chi connectivity index (χ4v) is 2.23. The van der Waals surface area contributed by atoms with Crippen molar-refractivity contribution in [3.8, 4) is 0 Å². The van der Waals surface area contributed by atoms with Gasteiger partial charge in [0.25, 0.3) is 0 Å². The van der Waals surface area contributed by atoms with Crippen LogP contribution in [-0.2, 0) is 4.74 Å². The zero-order valence-electron chi connectivity index (χ0n) is 13.1. The summed E-state index contributed by atoms with van der Waals surface area (Å²) < 4.78 is 5.10. The third-order valence-electron chi connectivity index (χ3n) is 3.29. The summed E-state index contributed by atoms with van der Waals surface area (Å²) >= 11 is 0. The Labute approximate surface area is 130 Å². The van der Waals surface area contributed by atoms with E-state index in [2.05, 4.69) is 13.8 Å². The van der Waals surface area contributed by atoms with Gasteiger partial charge in [-0.25, -0.2) is 9.59 Å². The molecule has 0 amide bonds. The monoisotopic (exact) mass is 308 g/mol. The van der Waals surface area contributed by atoms with Gasteiger partial charge in [0.05, 0.1) is 23.8 Å². The van der Waals surface area contributed by atoms with Crippen molar-refractivity contribution in [1.82, 2.24) is 0 Å². The number of unbranched alkanes of at least 4 members (excludes halogenated alkanes) is 1. The van der Waals surface area contributed by atoms with Gasteiger partial charge in [0.1, 0.15) is 0 Å². The van der Waals surface area contributed by atoms with E-state index in [1.165, 1.54) is 12.1 Å². The van der Waals surface area contributed by atoms with E-state index in [0.717, 1.165) is 12.8 Å². The first-order chi connectivity index (χ1) is 10.4. The number of aromatic carboxylic acids is 1. The van der Waals surface area contributed by atoms with Crippen LogP contribution in [0.5, 0.6) is 0 Å². The maximum Gasteiger partial charge on any atom is 0.339 e. The molecule has 0 saturated heterocycles. The van der Waals surface area contributed by atoms with Gasteiger partial charge in [0, 0.05) is 0 Å². The molecule has 0 radical (unpaired) electrons. The van der Waals surface area contributed by atoms with Crippen LogP contribution in [0.1, 0.15) is 60.2 Å². The van der Waals surface area contributed by atoms with Crippen molar-refractivity contribution in [2.75, 3.05) is 6.61 Å². The number of esters is 1. The molecule has 0 aliphatic rings. The Morgan fingerprint density at radius 2 is 1.77 bits per heavy atom. The second-order valence-electron chi connectivity index (χ2n) is 5.77. The number of benzene rings is 1. The Hall–Kier alpha value is -1.88. The zero-order chi connectivity index (χ0) is 16.5. The zero-order valence-corrected chi connectivity index (χ0v) is 13.1. The molecule has 0 aliphatic heterocycles. The van der Waals surface area contributed by atoms with Crippen LogP contribution in [0.4, 0.5) is 0 Å². The van der Waals surface area contributed by atoms with Gasteiger partial charge in [-0.3, -0.25) is 0 Å². The van der Waals surface area contributed by atoms with E-state index >= 15 is 0 Å². The predicted octanol–water partition coefficient (Wildman–Crippen LogP) is 3.12. The maximum absolute atomic E-state index is 11.9. The highest BCUT2D eigenvalue weighted by atomic mass is 16.5. The molecule has 0 bridgehead atoms. The van der Waals surface area contributed by atoms with Gasteiger partial charge in [-0.1, -0.05) is 26.0 Å². The number of carbonyl (C=O) groups is 2. The molecule has 22 heavy (non-hydrogen) atoms. The Balaban J connectivity index is 2.34. The van der Waals surface area contributed by atoms with Gasteiger partial charge in [-0.05, 0) is 43.7 Å². The first kappa shape index (κ1) is 18.2. The largest absolute Gasteiger partial charge is 0.478 e. The Bertz CT molecular complexity index is 496. The molecule has 0 spiro atoms. The quantitative estimate of drug-likeness (QED) is 0.541. The third-order valence-corrected chi connectivity index (χ3v) is 3.29. The number of rotatable bonds is 9. The summed E-state index contributed by atoms with van der Waals surface area (Å²) in [6, 6.07) is 5.99. The molecule has 0 fully saturated rings. The minimum Gasteiger partial charge on any atom is -0.478 e. The lowest BCUT2D eigenvalue weighted by molar-refractivity contribution is 0.0482. The van der Waals surface area contributed by atoms with Crippen LogP contribution < -0.4 is 0 Å². The van der Waals surface area contributed by atoms with Crippen LogP contribution in [0.3, 0.4) is 0 Å². The minimum atomic E-state index is -1.15. The molecule has 122 valence electrons. The number of carboxylic acids is 1. The van der Waals surface area contributed by atoms with Crippen molar-refractivity contribution in [3.05, 3.63) is 35.4 Å². The first-order valence-electron chi connectivity index (χ1n) is 7.59. The minimum absolute atomic E-state index is 0.0557. The van der Waals surface area contributed by atoms with Crippen molar-refractivity contribution in [3.63, 3.8) is 0 Å². The third kappa shape index (κ3) is 6.26. The maximum atomic E-state index is 11.9. The molecule has 5 heteroatoms. The lowest BCUT2D eigenvalue weighted by Gasteiger charge is -2.12. The second-order valence-corrected chi connectivity index (χ2v) is 5.77. The second kappa shape index (κ2) is 9.20. The summed E-state index contributed by atoms with van der Waals surface area (Å²) in [4.78, 5) is 22.9. The van der Waals surface area contributed by atoms with Gasteiger partial charge in [0.2, 0.25) is 0 Å². The molecule has 0 aliphatic carbocycles. The van der Waals surface area contributed by atoms with Crippen LogP contribution in [-0.4, -0.2) is 34.9 Å². The van der Waals surface area contributed by atoms with E-state index in [4.69, 9.17) is 9.84 Å². The normalized spacial score (nSPS) is 12.2. The van der Waals surface area contributed by atoms with Crippen molar-refractivity contribution < 1.29 is 24.5 Å². The number of carbonyl (C=O) groups excluding carboxylic acids is 1. The number of ether oxygens (including phenoxy) is 1. The standard InChI is InChI=1S/C17H24O5/c1-12(2)11-13(18)7-5-6-10-22-17(21)15-9-4-3-8-14(15)16(19)20/h3-4,8-9,12-13,18H,5-7,10-11H2,1-2H3,(H,19,20). The number of aliphatic hydroxyl groups excluding tert-OH is 1. The molecule has 1 unspecified atom stereocenters. The highest BCUT2D eigenvalue weighted by molar-refractivity contribution is 6.02. The fraction of sp³-hybridized carbons (Fsp3) is 0.529. The molecule has 0 aromatic heterocycles. The molecule has 1 aromatic rings. The van der Waals surface area contributed by atoms with Crippen molar-refractivity contribution in [2.45, 2.75) is 45.6 Å². The number of hydrogen-bond donors (Lipinski definition) is 2. The number of hydrogen-bond acceptors (Lipinski definition) is 4. The average molecular weight is 308 g/mol. The van der Waals surface area contributed by atoms with E-state index < -0.39 is 11.9 Å². The average Bonchev–Trinajstić information content (AvgIpc) is 2.45. The summed E-state index contributed by atoms with van der Waals surface area (Å²) in [7, 11) is 0. The van der Waals surface area contributed by atoms with Gasteiger partial charge in [0.15, 0.2) is 0 Å². The van der Waals surface area contributed by atoms with E-state index in [1.807, 2.05) is 0 Å². The van der Waals surface area contributed by atoms with Gasteiger partial charge in [-0.2, -0.15) is 0 Å². The van der Waals surface area contributed by atoms with Crippen LogP contribution >= 0.6 is 0 Å². The first-order valence-corrected chi connectivity index (χ1v) is 7.59. The fourth-order valence-electron chi connectivity index (χ4n) is 2.23. The summed E-state index contributed by atoms with van der Waals surface area (Å²) in [5.74, 6) is -1.31. The molecule has 0 saturated carbocycles. The van der Waals surface area contributed by atoms with E-state index in [0.29, 0.717) is 18.8 Å². The molecule has 1 rings (SSSR count). The molecular formula is C17H24O5. The highest BCUT2D eigenvalue weighted by Crippen LogP contribution is 2.13. The van der Waals surface area contributed by atoms with Crippen molar-refractivity contribution in [2.24, 2.45) is 5.92 Å². The van der Waals surface area contributed by atoms with Crippen LogP contribution in [0.2, 0.25) is 0 Å². The smallest absolute Gasteiger partial charge is 0.339 e. The highest BCUT2D eigenvalue weighted by Gasteiger charge is 2.16. The number of carboxylic acid groups (broad SMARTS) is 1.